The second kappa shape index (κ2) is 9.50. The highest BCUT2D eigenvalue weighted by Gasteiger charge is 2.37. The molecule has 0 saturated heterocycles. The summed E-state index contributed by atoms with van der Waals surface area (Å²) in [5, 5.41) is 2.98. The molecule has 2 atom stereocenters. The van der Waals surface area contributed by atoms with E-state index in [1.165, 1.54) is 6.07 Å². The van der Waals surface area contributed by atoms with Gasteiger partial charge in [-0.2, -0.15) is 11.8 Å². The molecule has 0 aromatic heterocycles. The number of hydrogen-bond acceptors (Lipinski definition) is 3. The second-order valence-corrected chi connectivity index (χ2v) is 7.34. The Morgan fingerprint density at radius 1 is 1.43 bits per heavy atom. The van der Waals surface area contributed by atoms with Crippen molar-refractivity contribution in [3.05, 3.63) is 35.6 Å². The molecule has 23 heavy (non-hydrogen) atoms. The van der Waals surface area contributed by atoms with E-state index in [9.17, 15) is 9.18 Å². The highest BCUT2D eigenvalue weighted by molar-refractivity contribution is 7.98. The van der Waals surface area contributed by atoms with Crippen LogP contribution in [0.15, 0.2) is 24.3 Å². The minimum absolute atomic E-state index is 0. The Morgan fingerprint density at radius 3 is 2.87 bits per heavy atom. The Balaban J connectivity index is 0.00000264. The standard InChI is InChI=1S/C17H25FN2OS.ClH/c1-17(19)9-5-4-7-14(17)16(21)20-10-11-22-12-13-6-2-3-8-15(13)18;/h2-3,6,8,14H,4-5,7,9-12,19H2,1H3,(H,20,21);1H. The van der Waals surface area contributed by atoms with Gasteiger partial charge in [0.1, 0.15) is 5.82 Å². The number of halogens is 2. The largest absolute Gasteiger partial charge is 0.355 e. The van der Waals surface area contributed by atoms with E-state index >= 15 is 0 Å². The van der Waals surface area contributed by atoms with Crippen LogP contribution in [0.4, 0.5) is 4.39 Å². The fourth-order valence-electron chi connectivity index (χ4n) is 2.96. The van der Waals surface area contributed by atoms with Crippen molar-refractivity contribution < 1.29 is 9.18 Å². The summed E-state index contributed by atoms with van der Waals surface area (Å²) in [6.07, 6.45) is 3.97. The van der Waals surface area contributed by atoms with Gasteiger partial charge in [0.25, 0.3) is 0 Å². The summed E-state index contributed by atoms with van der Waals surface area (Å²) in [7, 11) is 0. The monoisotopic (exact) mass is 360 g/mol. The van der Waals surface area contributed by atoms with Crippen LogP contribution in [0, 0.1) is 11.7 Å². The Hall–Kier alpha value is -0.780. The van der Waals surface area contributed by atoms with Crippen LogP contribution in [-0.4, -0.2) is 23.7 Å². The third kappa shape index (κ3) is 5.98. The second-order valence-electron chi connectivity index (χ2n) is 6.24. The molecule has 1 saturated carbocycles. The lowest BCUT2D eigenvalue weighted by Gasteiger charge is -2.37. The van der Waals surface area contributed by atoms with Gasteiger partial charge in [0.2, 0.25) is 5.91 Å². The van der Waals surface area contributed by atoms with Gasteiger partial charge in [-0.3, -0.25) is 4.79 Å². The Bertz CT molecular complexity index is 513. The van der Waals surface area contributed by atoms with Crippen LogP contribution in [0.5, 0.6) is 0 Å². The summed E-state index contributed by atoms with van der Waals surface area (Å²) >= 11 is 1.62. The normalized spacial score (nSPS) is 23.9. The lowest BCUT2D eigenvalue weighted by molar-refractivity contribution is -0.127. The number of thioether (sulfide) groups is 1. The van der Waals surface area contributed by atoms with Gasteiger partial charge in [0.05, 0.1) is 5.92 Å². The van der Waals surface area contributed by atoms with E-state index in [0.29, 0.717) is 17.9 Å². The summed E-state index contributed by atoms with van der Waals surface area (Å²) in [4.78, 5) is 12.2. The van der Waals surface area contributed by atoms with E-state index < -0.39 is 0 Å². The molecule has 1 aliphatic carbocycles. The third-order valence-corrected chi connectivity index (χ3v) is 5.34. The molecule has 2 unspecified atom stereocenters. The van der Waals surface area contributed by atoms with Gasteiger partial charge in [0, 0.05) is 23.6 Å². The number of carbonyl (C=O) groups excluding carboxylic acids is 1. The quantitative estimate of drug-likeness (QED) is 0.763. The maximum absolute atomic E-state index is 13.5. The van der Waals surface area contributed by atoms with E-state index in [-0.39, 0.29) is 35.6 Å². The van der Waals surface area contributed by atoms with Gasteiger partial charge in [-0.05, 0) is 31.4 Å². The molecule has 0 spiro atoms. The van der Waals surface area contributed by atoms with Crippen LogP contribution >= 0.6 is 24.2 Å². The number of rotatable bonds is 6. The van der Waals surface area contributed by atoms with Crippen molar-refractivity contribution >= 4 is 30.1 Å². The predicted molar refractivity (Wildman–Crippen MR) is 97.4 cm³/mol. The third-order valence-electron chi connectivity index (χ3n) is 4.33. The van der Waals surface area contributed by atoms with Crippen LogP contribution in [0.25, 0.3) is 0 Å². The average molecular weight is 361 g/mol. The number of nitrogens with two attached hydrogens (primary N) is 1. The number of nitrogens with one attached hydrogen (secondary N) is 1. The molecule has 0 heterocycles. The van der Waals surface area contributed by atoms with E-state index in [1.807, 2.05) is 13.0 Å². The van der Waals surface area contributed by atoms with E-state index in [4.69, 9.17) is 5.73 Å². The van der Waals surface area contributed by atoms with Crippen molar-refractivity contribution in [3.8, 4) is 0 Å². The first kappa shape index (κ1) is 20.3. The zero-order valence-corrected chi connectivity index (χ0v) is 15.1. The first-order valence-corrected chi connectivity index (χ1v) is 9.04. The SMILES string of the molecule is CC1(N)CCCCC1C(=O)NCCSCc1ccccc1F.Cl. The van der Waals surface area contributed by atoms with Gasteiger partial charge in [-0.15, -0.1) is 12.4 Å². The maximum Gasteiger partial charge on any atom is 0.224 e. The molecule has 0 radical (unpaired) electrons. The first-order chi connectivity index (χ1) is 10.5. The molecular formula is C17H26ClFN2OS. The Kier molecular flexibility index (Phi) is 8.37. The molecule has 1 fully saturated rings. The van der Waals surface area contributed by atoms with Crippen LogP contribution in [0.3, 0.4) is 0 Å². The molecule has 1 aromatic carbocycles. The zero-order chi connectivity index (χ0) is 16.0. The molecule has 2 rings (SSSR count). The molecule has 1 amide bonds. The lowest BCUT2D eigenvalue weighted by atomic mass is 9.74. The molecular weight excluding hydrogens is 335 g/mol. The number of amides is 1. The topological polar surface area (TPSA) is 55.1 Å². The van der Waals surface area contributed by atoms with Crippen LogP contribution < -0.4 is 11.1 Å². The molecule has 3 N–H and O–H groups in total. The van der Waals surface area contributed by atoms with E-state index in [0.717, 1.165) is 31.4 Å². The summed E-state index contributed by atoms with van der Waals surface area (Å²) in [5.74, 6) is 1.21. The van der Waals surface area contributed by atoms with Crippen molar-refractivity contribution in [3.63, 3.8) is 0 Å². The number of benzene rings is 1. The zero-order valence-electron chi connectivity index (χ0n) is 13.5. The fourth-order valence-corrected chi connectivity index (χ4v) is 3.80. The van der Waals surface area contributed by atoms with Crippen molar-refractivity contribution in [2.45, 2.75) is 43.9 Å². The average Bonchev–Trinajstić information content (AvgIpc) is 2.48. The summed E-state index contributed by atoms with van der Waals surface area (Å²) in [6.45, 7) is 2.58. The molecule has 0 aliphatic heterocycles. The molecule has 0 bridgehead atoms. The summed E-state index contributed by atoms with van der Waals surface area (Å²) in [6, 6.07) is 6.80. The Labute approximate surface area is 148 Å². The summed E-state index contributed by atoms with van der Waals surface area (Å²) < 4.78 is 13.5. The van der Waals surface area contributed by atoms with E-state index in [2.05, 4.69) is 5.32 Å². The van der Waals surface area contributed by atoms with Crippen molar-refractivity contribution in [2.24, 2.45) is 11.7 Å². The van der Waals surface area contributed by atoms with Gasteiger partial charge in [0.15, 0.2) is 0 Å². The first-order valence-electron chi connectivity index (χ1n) is 7.88. The smallest absolute Gasteiger partial charge is 0.224 e. The van der Waals surface area contributed by atoms with Crippen molar-refractivity contribution in [1.29, 1.82) is 0 Å². The van der Waals surface area contributed by atoms with Crippen LogP contribution in [0.1, 0.15) is 38.2 Å². The molecule has 3 nitrogen and oxygen atoms in total. The number of hydrogen-bond donors (Lipinski definition) is 2. The van der Waals surface area contributed by atoms with Gasteiger partial charge in [-0.1, -0.05) is 31.0 Å². The fraction of sp³-hybridized carbons (Fsp3) is 0.588. The predicted octanol–water partition coefficient (Wildman–Crippen LogP) is 3.50. The molecule has 1 aliphatic rings. The summed E-state index contributed by atoms with van der Waals surface area (Å²) in [5.41, 5.74) is 6.56. The minimum atomic E-state index is -0.386. The van der Waals surface area contributed by atoms with Crippen molar-refractivity contribution in [1.82, 2.24) is 5.32 Å². The van der Waals surface area contributed by atoms with Gasteiger partial charge in [-0.25, -0.2) is 4.39 Å². The highest BCUT2D eigenvalue weighted by atomic mass is 35.5. The molecule has 6 heteroatoms. The lowest BCUT2D eigenvalue weighted by Crippen LogP contribution is -2.53. The molecule has 1 aromatic rings. The maximum atomic E-state index is 13.5. The minimum Gasteiger partial charge on any atom is -0.355 e. The molecule has 130 valence electrons. The van der Waals surface area contributed by atoms with E-state index in [1.54, 1.807) is 23.9 Å². The highest BCUT2D eigenvalue weighted by Crippen LogP contribution is 2.31. The van der Waals surface area contributed by atoms with Gasteiger partial charge < -0.3 is 11.1 Å². The number of carbonyl (C=O) groups is 1. The van der Waals surface area contributed by atoms with Crippen LogP contribution in [-0.2, 0) is 10.5 Å². The van der Waals surface area contributed by atoms with Gasteiger partial charge >= 0.3 is 0 Å². The van der Waals surface area contributed by atoms with Crippen LogP contribution in [0.2, 0.25) is 0 Å². The Morgan fingerprint density at radius 2 is 2.17 bits per heavy atom. The van der Waals surface area contributed by atoms with Crippen molar-refractivity contribution in [2.75, 3.05) is 12.3 Å².